The van der Waals surface area contributed by atoms with Crippen LogP contribution in [0.25, 0.3) is 0 Å². The van der Waals surface area contributed by atoms with Crippen LogP contribution < -0.4 is 15.1 Å². The van der Waals surface area contributed by atoms with Crippen molar-refractivity contribution in [3.05, 3.63) is 40.9 Å². The summed E-state index contributed by atoms with van der Waals surface area (Å²) in [7, 11) is 3.39. The van der Waals surface area contributed by atoms with Crippen LogP contribution in [-0.4, -0.2) is 55.4 Å². The fourth-order valence-electron chi connectivity index (χ4n) is 3.33. The van der Waals surface area contributed by atoms with Gasteiger partial charge in [0, 0.05) is 33.4 Å². The molecule has 2 amide bonds. The molecule has 27 heavy (non-hydrogen) atoms. The van der Waals surface area contributed by atoms with Crippen molar-refractivity contribution in [1.29, 1.82) is 0 Å². The number of amides is 2. The first kappa shape index (κ1) is 19.2. The van der Waals surface area contributed by atoms with Gasteiger partial charge in [-0.3, -0.25) is 9.59 Å². The third kappa shape index (κ3) is 3.49. The number of rotatable bonds is 6. The maximum Gasteiger partial charge on any atom is 0.257 e. The molecule has 7 nitrogen and oxygen atoms in total. The second kappa shape index (κ2) is 7.96. The van der Waals surface area contributed by atoms with Crippen LogP contribution in [0.3, 0.4) is 0 Å². The topological polar surface area (TPSA) is 68.8 Å². The van der Waals surface area contributed by atoms with Gasteiger partial charge in [-0.2, -0.15) is 0 Å². The van der Waals surface area contributed by atoms with Crippen molar-refractivity contribution in [2.75, 3.05) is 43.5 Å². The number of fused-ring (bicyclic) bond motifs is 1. The van der Waals surface area contributed by atoms with E-state index < -0.39 is 0 Å². The third-order valence-electron chi connectivity index (χ3n) is 4.82. The van der Waals surface area contributed by atoms with E-state index in [1.807, 2.05) is 29.3 Å². The van der Waals surface area contributed by atoms with Crippen LogP contribution in [0.2, 0.25) is 0 Å². The highest BCUT2D eigenvalue weighted by molar-refractivity contribution is 7.15. The van der Waals surface area contributed by atoms with Crippen molar-refractivity contribution in [3.63, 3.8) is 0 Å². The molecule has 0 saturated heterocycles. The fraction of sp³-hybridized carbons (Fsp3) is 0.421. The smallest absolute Gasteiger partial charge is 0.257 e. The Bertz CT molecular complexity index is 833. The van der Waals surface area contributed by atoms with Crippen LogP contribution in [0, 0.1) is 0 Å². The van der Waals surface area contributed by atoms with Gasteiger partial charge in [0.25, 0.3) is 5.91 Å². The maximum atomic E-state index is 12.9. The van der Waals surface area contributed by atoms with Crippen LogP contribution in [0.5, 0.6) is 0 Å². The second-order valence-electron chi connectivity index (χ2n) is 6.33. The van der Waals surface area contributed by atoms with Crippen LogP contribution in [-0.2, 0) is 4.79 Å². The molecule has 0 saturated carbocycles. The van der Waals surface area contributed by atoms with E-state index in [-0.39, 0.29) is 24.5 Å². The number of carbonyl (C=O) groups is 2. The number of nitrogens with zero attached hydrogens (tertiary/aromatic N) is 4. The average molecular weight is 388 g/mol. The zero-order valence-electron chi connectivity index (χ0n) is 16.1. The SMILES string of the molecule is CCN(CC)c1ncc([C@H]2N(C)C(=O)c3ccccc3N2CC(=O)NC)s1. The number of anilines is 2. The summed E-state index contributed by atoms with van der Waals surface area (Å²) in [5.41, 5.74) is 1.38. The van der Waals surface area contributed by atoms with Gasteiger partial charge < -0.3 is 20.0 Å². The van der Waals surface area contributed by atoms with Gasteiger partial charge in [0.2, 0.25) is 5.91 Å². The molecule has 1 aliphatic heterocycles. The van der Waals surface area contributed by atoms with Gasteiger partial charge in [-0.1, -0.05) is 23.5 Å². The molecule has 1 aromatic heterocycles. The standard InChI is InChI=1S/C19H25N5O2S/c1-5-23(6-2)19-21-11-15(27-19)17-22(4)18(26)13-9-7-8-10-14(13)24(17)12-16(25)20-3/h7-11,17H,5-6,12H2,1-4H3,(H,20,25)/t17-/m0/s1. The first-order chi connectivity index (χ1) is 13.0. The van der Waals surface area contributed by atoms with Crippen LogP contribution >= 0.6 is 11.3 Å². The van der Waals surface area contributed by atoms with Gasteiger partial charge in [0.15, 0.2) is 5.13 Å². The first-order valence-corrected chi connectivity index (χ1v) is 9.87. The fourth-order valence-corrected chi connectivity index (χ4v) is 4.53. The third-order valence-corrected chi connectivity index (χ3v) is 5.92. The summed E-state index contributed by atoms with van der Waals surface area (Å²) >= 11 is 1.56. The zero-order chi connectivity index (χ0) is 19.6. The van der Waals surface area contributed by atoms with E-state index in [1.165, 1.54) is 0 Å². The minimum atomic E-state index is -0.369. The van der Waals surface area contributed by atoms with Crippen molar-refractivity contribution >= 4 is 34.0 Å². The molecule has 0 unspecified atom stereocenters. The van der Waals surface area contributed by atoms with Gasteiger partial charge in [0.05, 0.1) is 22.7 Å². The van der Waals surface area contributed by atoms with E-state index in [0.717, 1.165) is 28.8 Å². The van der Waals surface area contributed by atoms with E-state index in [2.05, 4.69) is 29.0 Å². The van der Waals surface area contributed by atoms with E-state index in [9.17, 15) is 9.59 Å². The molecule has 0 radical (unpaired) electrons. The van der Waals surface area contributed by atoms with E-state index in [1.54, 1.807) is 36.4 Å². The first-order valence-electron chi connectivity index (χ1n) is 9.05. The number of hydrogen-bond donors (Lipinski definition) is 1. The number of benzene rings is 1. The molecule has 0 aliphatic carbocycles. The molecule has 1 aliphatic rings. The van der Waals surface area contributed by atoms with Gasteiger partial charge in [0.1, 0.15) is 6.17 Å². The molecule has 2 heterocycles. The Labute approximate surface area is 163 Å². The summed E-state index contributed by atoms with van der Waals surface area (Å²) in [6.07, 6.45) is 1.45. The van der Waals surface area contributed by atoms with Crippen LogP contribution in [0.1, 0.15) is 35.2 Å². The van der Waals surface area contributed by atoms with E-state index >= 15 is 0 Å². The van der Waals surface area contributed by atoms with E-state index in [4.69, 9.17) is 0 Å². The second-order valence-corrected chi connectivity index (χ2v) is 7.37. The lowest BCUT2D eigenvalue weighted by molar-refractivity contribution is -0.119. The lowest BCUT2D eigenvalue weighted by Crippen LogP contribution is -2.50. The van der Waals surface area contributed by atoms with Crippen molar-refractivity contribution in [3.8, 4) is 0 Å². The Morgan fingerprint density at radius 3 is 2.67 bits per heavy atom. The number of aromatic nitrogens is 1. The summed E-state index contributed by atoms with van der Waals surface area (Å²) in [4.78, 5) is 36.4. The number of carbonyl (C=O) groups excluding carboxylic acids is 2. The van der Waals surface area contributed by atoms with Gasteiger partial charge in [-0.25, -0.2) is 4.98 Å². The Hall–Kier alpha value is -2.61. The highest BCUT2D eigenvalue weighted by Gasteiger charge is 2.38. The van der Waals surface area contributed by atoms with Crippen molar-refractivity contribution in [2.45, 2.75) is 20.0 Å². The largest absolute Gasteiger partial charge is 0.358 e. The lowest BCUT2D eigenvalue weighted by Gasteiger charge is -2.43. The summed E-state index contributed by atoms with van der Waals surface area (Å²) in [6, 6.07) is 7.42. The molecular weight excluding hydrogens is 362 g/mol. The Morgan fingerprint density at radius 1 is 1.30 bits per heavy atom. The molecule has 0 bridgehead atoms. The molecule has 144 valence electrons. The minimum Gasteiger partial charge on any atom is -0.358 e. The number of para-hydroxylation sites is 1. The van der Waals surface area contributed by atoms with Gasteiger partial charge in [-0.15, -0.1) is 0 Å². The minimum absolute atomic E-state index is 0.0541. The molecule has 3 rings (SSSR count). The Kier molecular flexibility index (Phi) is 5.65. The Balaban J connectivity index is 2.06. The van der Waals surface area contributed by atoms with Crippen LogP contribution in [0.15, 0.2) is 30.5 Å². The molecule has 0 spiro atoms. The normalized spacial score (nSPS) is 16.3. The Morgan fingerprint density at radius 2 is 2.00 bits per heavy atom. The van der Waals surface area contributed by atoms with Gasteiger partial charge >= 0.3 is 0 Å². The lowest BCUT2D eigenvalue weighted by atomic mass is 10.1. The van der Waals surface area contributed by atoms with Crippen LogP contribution in [0.4, 0.5) is 10.8 Å². The van der Waals surface area contributed by atoms with E-state index in [0.29, 0.717) is 5.56 Å². The maximum absolute atomic E-state index is 12.9. The zero-order valence-corrected chi connectivity index (χ0v) is 16.9. The molecule has 8 heteroatoms. The average Bonchev–Trinajstić information content (AvgIpc) is 3.16. The highest BCUT2D eigenvalue weighted by atomic mass is 32.1. The predicted molar refractivity (Wildman–Crippen MR) is 108 cm³/mol. The molecular formula is C19H25N5O2S. The van der Waals surface area contributed by atoms with Crippen molar-refractivity contribution in [2.24, 2.45) is 0 Å². The molecule has 0 fully saturated rings. The summed E-state index contributed by atoms with van der Waals surface area (Å²) in [6.45, 7) is 6.08. The molecule has 1 N–H and O–H groups in total. The number of nitrogens with one attached hydrogen (secondary N) is 1. The summed E-state index contributed by atoms with van der Waals surface area (Å²) in [5.74, 6) is -0.160. The summed E-state index contributed by atoms with van der Waals surface area (Å²) < 4.78 is 0. The highest BCUT2D eigenvalue weighted by Crippen LogP contribution is 2.40. The summed E-state index contributed by atoms with van der Waals surface area (Å²) in [5, 5.41) is 3.60. The molecule has 2 aromatic rings. The van der Waals surface area contributed by atoms with Gasteiger partial charge in [-0.05, 0) is 26.0 Å². The number of hydrogen-bond acceptors (Lipinski definition) is 6. The quantitative estimate of drug-likeness (QED) is 0.824. The predicted octanol–water partition coefficient (Wildman–Crippen LogP) is 2.33. The monoisotopic (exact) mass is 387 g/mol. The molecule has 1 aromatic carbocycles. The van der Waals surface area contributed by atoms with Crippen molar-refractivity contribution < 1.29 is 9.59 Å². The number of likely N-dealkylation sites (N-methyl/N-ethyl adjacent to an activating group) is 1. The van der Waals surface area contributed by atoms with Crippen molar-refractivity contribution in [1.82, 2.24) is 15.2 Å². The number of thiazole rings is 1. The molecule has 1 atom stereocenters.